The zero-order valence-corrected chi connectivity index (χ0v) is 10.1. The van der Waals surface area contributed by atoms with Crippen molar-refractivity contribution in [3.63, 3.8) is 0 Å². The second kappa shape index (κ2) is 4.65. The molecule has 1 aliphatic carbocycles. The Balaban J connectivity index is 1.64. The van der Waals surface area contributed by atoms with Gasteiger partial charge in [0.15, 0.2) is 0 Å². The van der Waals surface area contributed by atoms with Crippen LogP contribution in [0.15, 0.2) is 0 Å². The highest BCUT2D eigenvalue weighted by atomic mass is 32.2. The van der Waals surface area contributed by atoms with E-state index >= 15 is 0 Å². The van der Waals surface area contributed by atoms with Crippen molar-refractivity contribution in [2.75, 3.05) is 24.6 Å². The van der Waals surface area contributed by atoms with Crippen LogP contribution in [0.2, 0.25) is 0 Å². The number of aliphatic carboxylic acids is 1. The molecule has 0 spiro atoms. The van der Waals surface area contributed by atoms with Gasteiger partial charge in [0.25, 0.3) is 0 Å². The Morgan fingerprint density at radius 1 is 1.31 bits per heavy atom. The summed E-state index contributed by atoms with van der Waals surface area (Å²) in [6, 6.07) is 0. The van der Waals surface area contributed by atoms with Crippen LogP contribution < -0.4 is 0 Å². The van der Waals surface area contributed by atoms with Gasteiger partial charge >= 0.3 is 5.97 Å². The van der Waals surface area contributed by atoms with Crippen LogP contribution in [0.5, 0.6) is 0 Å². The molecule has 1 saturated carbocycles. The topological polar surface area (TPSA) is 57.6 Å². The maximum Gasteiger partial charge on any atom is 0.303 e. The molecule has 4 nitrogen and oxygen atoms in total. The van der Waals surface area contributed by atoms with Crippen molar-refractivity contribution >= 4 is 23.6 Å². The Morgan fingerprint density at radius 3 is 2.44 bits per heavy atom. The predicted molar refractivity (Wildman–Crippen MR) is 62.4 cm³/mol. The first kappa shape index (κ1) is 11.8. The van der Waals surface area contributed by atoms with Gasteiger partial charge in [0.1, 0.15) is 0 Å². The molecule has 1 amide bonds. The lowest BCUT2D eigenvalue weighted by Gasteiger charge is -2.30. The number of hydrogen-bond acceptors (Lipinski definition) is 3. The fourth-order valence-corrected chi connectivity index (χ4v) is 3.16. The van der Waals surface area contributed by atoms with Gasteiger partial charge in [-0.05, 0) is 30.4 Å². The molecule has 0 aromatic rings. The molecule has 0 aromatic carbocycles. The number of carbonyl (C=O) groups excluding carboxylic acids is 1. The SMILES string of the molecule is O=C(O)CC1(CSCC(=O)N2CCC2)CC1. The van der Waals surface area contributed by atoms with E-state index in [1.807, 2.05) is 4.90 Å². The molecule has 1 aliphatic heterocycles. The normalized spacial score (nSPS) is 21.4. The van der Waals surface area contributed by atoms with Crippen molar-refractivity contribution in [3.05, 3.63) is 0 Å². The largest absolute Gasteiger partial charge is 0.481 e. The first-order valence-corrected chi connectivity index (χ1v) is 6.84. The third-order valence-corrected chi connectivity index (χ3v) is 4.59. The Labute approximate surface area is 99.4 Å². The summed E-state index contributed by atoms with van der Waals surface area (Å²) in [4.78, 5) is 24.0. The van der Waals surface area contributed by atoms with Crippen molar-refractivity contribution < 1.29 is 14.7 Å². The van der Waals surface area contributed by atoms with Crippen LogP contribution in [-0.2, 0) is 9.59 Å². The number of rotatable bonds is 6. The second-order valence-corrected chi connectivity index (χ2v) is 5.78. The number of carboxylic acid groups (broad SMARTS) is 1. The Kier molecular flexibility index (Phi) is 3.42. The number of carboxylic acids is 1. The number of hydrogen-bond donors (Lipinski definition) is 1. The van der Waals surface area contributed by atoms with E-state index in [1.54, 1.807) is 11.8 Å². The predicted octanol–water partition coefficient (Wildman–Crippen LogP) is 1.21. The van der Waals surface area contributed by atoms with Crippen molar-refractivity contribution in [2.24, 2.45) is 5.41 Å². The lowest BCUT2D eigenvalue weighted by atomic mass is 10.1. The molecule has 2 fully saturated rings. The van der Waals surface area contributed by atoms with E-state index in [0.717, 1.165) is 38.1 Å². The smallest absolute Gasteiger partial charge is 0.303 e. The molecule has 2 aliphatic rings. The molecule has 1 N–H and O–H groups in total. The first-order valence-electron chi connectivity index (χ1n) is 5.69. The van der Waals surface area contributed by atoms with Crippen LogP contribution in [0.3, 0.4) is 0 Å². The van der Waals surface area contributed by atoms with Crippen LogP contribution in [0.4, 0.5) is 0 Å². The van der Waals surface area contributed by atoms with E-state index in [2.05, 4.69) is 0 Å². The standard InChI is InChI=1S/C11H17NO3S/c13-9(12-4-1-5-12)7-16-8-11(2-3-11)6-10(14)15/h1-8H2,(H,14,15). The van der Waals surface area contributed by atoms with Gasteiger partial charge in [-0.3, -0.25) is 9.59 Å². The summed E-state index contributed by atoms with van der Waals surface area (Å²) in [6.45, 7) is 1.80. The fourth-order valence-electron chi connectivity index (χ4n) is 1.88. The molecule has 0 unspecified atom stereocenters. The van der Waals surface area contributed by atoms with Gasteiger partial charge in [-0.25, -0.2) is 0 Å². The summed E-state index contributed by atoms with van der Waals surface area (Å²) in [5.41, 5.74) is 0.00568. The fraction of sp³-hybridized carbons (Fsp3) is 0.818. The molecule has 90 valence electrons. The van der Waals surface area contributed by atoms with E-state index in [-0.39, 0.29) is 17.7 Å². The molecule has 0 aromatic heterocycles. The Bertz CT molecular complexity index is 298. The lowest BCUT2D eigenvalue weighted by Crippen LogP contribution is -2.43. The highest BCUT2D eigenvalue weighted by Gasteiger charge is 2.44. The third kappa shape index (κ3) is 2.90. The molecule has 1 saturated heterocycles. The van der Waals surface area contributed by atoms with E-state index in [0.29, 0.717) is 5.75 Å². The summed E-state index contributed by atoms with van der Waals surface area (Å²) in [5.74, 6) is 0.829. The van der Waals surface area contributed by atoms with E-state index in [9.17, 15) is 9.59 Å². The molecule has 1 heterocycles. The van der Waals surface area contributed by atoms with Gasteiger partial charge in [-0.2, -0.15) is 11.8 Å². The second-order valence-electron chi connectivity index (χ2n) is 4.80. The molecule has 5 heteroatoms. The van der Waals surface area contributed by atoms with E-state index in [4.69, 9.17) is 5.11 Å². The molecular weight excluding hydrogens is 226 g/mol. The monoisotopic (exact) mass is 243 g/mol. The van der Waals surface area contributed by atoms with Crippen molar-refractivity contribution in [3.8, 4) is 0 Å². The van der Waals surface area contributed by atoms with Crippen molar-refractivity contribution in [2.45, 2.75) is 25.7 Å². The van der Waals surface area contributed by atoms with Crippen LogP contribution in [-0.4, -0.2) is 46.5 Å². The summed E-state index contributed by atoms with van der Waals surface area (Å²) >= 11 is 1.60. The maximum atomic E-state index is 11.5. The van der Waals surface area contributed by atoms with Gasteiger partial charge < -0.3 is 10.0 Å². The molecular formula is C11H17NO3S. The zero-order chi connectivity index (χ0) is 11.6. The quantitative estimate of drug-likeness (QED) is 0.761. The molecule has 2 rings (SSSR count). The highest BCUT2D eigenvalue weighted by Crippen LogP contribution is 2.50. The summed E-state index contributed by atoms with van der Waals surface area (Å²) in [7, 11) is 0. The number of carbonyl (C=O) groups is 2. The molecule has 0 radical (unpaired) electrons. The first-order chi connectivity index (χ1) is 7.61. The molecule has 0 atom stereocenters. The van der Waals surface area contributed by atoms with Crippen LogP contribution >= 0.6 is 11.8 Å². The van der Waals surface area contributed by atoms with Gasteiger partial charge in [0.2, 0.25) is 5.91 Å². The van der Waals surface area contributed by atoms with Crippen molar-refractivity contribution in [1.29, 1.82) is 0 Å². The number of likely N-dealkylation sites (tertiary alicyclic amines) is 1. The maximum absolute atomic E-state index is 11.5. The van der Waals surface area contributed by atoms with Gasteiger partial charge in [0.05, 0.1) is 12.2 Å². The molecule has 16 heavy (non-hydrogen) atoms. The minimum Gasteiger partial charge on any atom is -0.481 e. The average Bonchev–Trinajstić information content (AvgIpc) is 2.80. The van der Waals surface area contributed by atoms with E-state index < -0.39 is 5.97 Å². The summed E-state index contributed by atoms with van der Waals surface area (Å²) in [5, 5.41) is 8.75. The number of nitrogens with zero attached hydrogens (tertiary/aromatic N) is 1. The van der Waals surface area contributed by atoms with Crippen LogP contribution in [0, 0.1) is 5.41 Å². The molecule has 0 bridgehead atoms. The van der Waals surface area contributed by atoms with Crippen LogP contribution in [0.1, 0.15) is 25.7 Å². The third-order valence-electron chi connectivity index (χ3n) is 3.33. The highest BCUT2D eigenvalue weighted by molar-refractivity contribution is 7.99. The number of amides is 1. The minimum atomic E-state index is -0.716. The summed E-state index contributed by atoms with van der Waals surface area (Å²) < 4.78 is 0. The van der Waals surface area contributed by atoms with Gasteiger partial charge in [0, 0.05) is 13.1 Å². The van der Waals surface area contributed by atoms with Gasteiger partial charge in [-0.1, -0.05) is 0 Å². The summed E-state index contributed by atoms with van der Waals surface area (Å²) in [6.07, 6.45) is 3.39. The lowest BCUT2D eigenvalue weighted by molar-refractivity contribution is -0.138. The minimum absolute atomic E-state index is 0.00568. The van der Waals surface area contributed by atoms with Crippen molar-refractivity contribution in [1.82, 2.24) is 4.90 Å². The Morgan fingerprint density at radius 2 is 2.00 bits per heavy atom. The van der Waals surface area contributed by atoms with E-state index in [1.165, 1.54) is 0 Å². The number of thioether (sulfide) groups is 1. The zero-order valence-electron chi connectivity index (χ0n) is 9.28. The Hall–Kier alpha value is -0.710. The van der Waals surface area contributed by atoms with Gasteiger partial charge in [-0.15, -0.1) is 0 Å². The average molecular weight is 243 g/mol. The van der Waals surface area contributed by atoms with Crippen LogP contribution in [0.25, 0.3) is 0 Å².